The van der Waals surface area contributed by atoms with Crippen molar-refractivity contribution in [2.24, 2.45) is 0 Å². The Bertz CT molecular complexity index is 7320. The van der Waals surface area contributed by atoms with Gasteiger partial charge < -0.3 is 47.9 Å². The number of unbranched alkanes of at least 4 members (excludes halogenated alkanes) is 3. The van der Waals surface area contributed by atoms with E-state index < -0.39 is 0 Å². The Morgan fingerprint density at radius 3 is 0.669 bits per heavy atom. The molecule has 2 aliphatic heterocycles. The highest BCUT2D eigenvalue weighted by molar-refractivity contribution is 9.09. The van der Waals surface area contributed by atoms with Gasteiger partial charge in [-0.25, -0.2) is 29.9 Å². The first kappa shape index (κ1) is 105. The van der Waals surface area contributed by atoms with Crippen LogP contribution in [0.5, 0.6) is 86.2 Å². The van der Waals surface area contributed by atoms with E-state index in [1.165, 1.54) is 0 Å². The zero-order valence-electron chi connectivity index (χ0n) is 93.0. The fourth-order valence-electron chi connectivity index (χ4n) is 17.7. The molecule has 0 fully saturated rings. The predicted molar refractivity (Wildman–Crippen MR) is 604 cm³/mol. The minimum atomic E-state index is -0.268. The molecule has 14 aromatic rings. The first-order chi connectivity index (χ1) is 67.2. The molecule has 0 spiro atoms. The van der Waals surface area contributed by atoms with Gasteiger partial charge in [0.25, 0.3) is 0 Å². The van der Waals surface area contributed by atoms with Crippen LogP contribution < -0.4 is 37.9 Å². The molecule has 16 nitrogen and oxygen atoms in total. The normalized spacial score (nSPS) is 13.2. The zero-order chi connectivity index (χ0) is 105. The van der Waals surface area contributed by atoms with Crippen LogP contribution in [0.2, 0.25) is 0 Å². The number of rotatable bonds is 21. The second-order valence-electron chi connectivity index (χ2n) is 52.5. The molecule has 0 saturated carbocycles. The second-order valence-corrected chi connectivity index (χ2v) is 53.3. The summed E-state index contributed by atoms with van der Waals surface area (Å²) in [6.45, 7) is 81.2. The third-order valence-electron chi connectivity index (χ3n) is 27.5. The summed E-state index contributed by atoms with van der Waals surface area (Å²) in [7, 11) is 0. The third-order valence-corrected chi connectivity index (χ3v) is 28.1. The summed E-state index contributed by atoms with van der Waals surface area (Å²) < 4.78 is 58.9. The van der Waals surface area contributed by atoms with E-state index in [9.17, 15) is 0 Å². The maximum atomic E-state index is 7.61. The van der Waals surface area contributed by atoms with Gasteiger partial charge in [0, 0.05) is 55.2 Å². The molecule has 2 aliphatic rings. The summed E-state index contributed by atoms with van der Waals surface area (Å²) in [5, 5.41) is 3.50. The van der Waals surface area contributed by atoms with Crippen molar-refractivity contribution in [3.8, 4) is 132 Å². The molecule has 17 heteroatoms. The Hall–Kier alpha value is -12.3. The fourth-order valence-corrected chi connectivity index (χ4v) is 18.1. The van der Waals surface area contributed by atoms with Gasteiger partial charge in [0.05, 0.1) is 6.61 Å². The molecule has 8 bridgehead atoms. The van der Waals surface area contributed by atoms with E-state index in [2.05, 4.69) is 384 Å². The lowest BCUT2D eigenvalue weighted by atomic mass is 9.80. The highest BCUT2D eigenvalue weighted by atomic mass is 79.9. The van der Waals surface area contributed by atoms with Crippen molar-refractivity contribution in [2.75, 3.05) is 11.9 Å². The maximum Gasteiger partial charge on any atom is 0.170 e. The number of nitrogens with zero attached hydrogens (tertiary/aromatic N) is 6. The van der Waals surface area contributed by atoms with Crippen molar-refractivity contribution in [1.29, 1.82) is 0 Å². The highest BCUT2D eigenvalue weighted by Crippen LogP contribution is 2.53. The summed E-state index contributed by atoms with van der Waals surface area (Å²) in [5.74, 6) is 9.44. The van der Waals surface area contributed by atoms with Crippen LogP contribution in [0, 0.1) is 0 Å². The van der Waals surface area contributed by atoms with Gasteiger partial charge in [0.15, 0.2) is 57.8 Å². The average Bonchev–Trinajstić information content (AvgIpc) is 1.59. The summed E-state index contributed by atoms with van der Waals surface area (Å²) in [5.41, 5.74) is 14.3. The standard InChI is InChI=1S/C128H153BrN8O8/c1-117(2,3)74-48-75(118(4,5)6)55-89(54-74)140-103-68-97-98(69-104(103)141-90-56-76(119(7,8)9)49-77(57-90)120(10,11)12)113-133-111(97)131-109-95-45-44-88(139-87-43-41-42-86(66-87)138-47-40-38-37-39-46-129)67-96(95)110(130-109)132-112-99-70-105(142-91-58-78(121(13,14)15)50-79(59-91)122(16,17)18)106(143-92-60-80(123(19,20)21)51-81(61-92)124(22,23)24)71-100(99)114(134-112)136-116-102-73-108(145-94-64-84(127(31,32)33)53-85(65-94)128(34,35)36)107(72-101(102)115(135-113)137-116)144-93-62-82(125(25,26)27)52-83(63-93)126(28,29)30/h41-45,48-73H,37-40,46-47H2,1-36H3,(H2,130,131,132,133,134,135,136,137). The number of nitrogens with one attached hydrogen (secondary N) is 2. The largest absolute Gasteiger partial charge is 0.493 e. The zero-order valence-corrected chi connectivity index (χ0v) is 94.6. The number of benzene rings is 11. The van der Waals surface area contributed by atoms with Crippen molar-refractivity contribution in [3.05, 3.63) is 255 Å². The van der Waals surface area contributed by atoms with Crippen LogP contribution in [0.1, 0.15) is 342 Å². The van der Waals surface area contributed by atoms with Crippen LogP contribution in [0.15, 0.2) is 188 Å². The van der Waals surface area contributed by atoms with Crippen molar-refractivity contribution in [3.63, 3.8) is 0 Å². The molecule has 3 aromatic heterocycles. The second kappa shape index (κ2) is 38.5. The predicted octanol–water partition coefficient (Wildman–Crippen LogP) is 37.3. The molecule has 0 saturated heterocycles. The number of fused-ring (bicyclic) bond motifs is 20. The highest BCUT2D eigenvalue weighted by Gasteiger charge is 2.35. The lowest BCUT2D eigenvalue weighted by Crippen LogP contribution is -2.16. The first-order valence-electron chi connectivity index (χ1n) is 51.7. The number of aromatic amines is 2. The first-order valence-corrected chi connectivity index (χ1v) is 52.8. The van der Waals surface area contributed by atoms with Gasteiger partial charge in [-0.2, -0.15) is 0 Å². The number of hydrogen-bond donors (Lipinski definition) is 2. The molecular formula is C128H153BrN8O8. The van der Waals surface area contributed by atoms with Gasteiger partial charge in [-0.1, -0.05) is 320 Å². The molecule has 5 heterocycles. The number of aromatic nitrogens is 8. The third kappa shape index (κ3) is 24.2. The minimum Gasteiger partial charge on any atom is -0.493 e. The molecule has 0 amide bonds. The molecule has 145 heavy (non-hydrogen) atoms. The number of alkyl halides is 1. The lowest BCUT2D eigenvalue weighted by Gasteiger charge is -2.27. The lowest BCUT2D eigenvalue weighted by molar-refractivity contribution is 0.304. The van der Waals surface area contributed by atoms with Gasteiger partial charge in [-0.3, -0.25) is 0 Å². The Morgan fingerprint density at radius 1 is 0.200 bits per heavy atom. The van der Waals surface area contributed by atoms with Crippen LogP contribution in [-0.2, 0) is 65.0 Å². The van der Waals surface area contributed by atoms with Crippen LogP contribution in [0.25, 0.3) is 89.7 Å². The molecule has 0 atom stereocenters. The van der Waals surface area contributed by atoms with Crippen LogP contribution in [0.3, 0.4) is 0 Å². The van der Waals surface area contributed by atoms with Gasteiger partial charge in [-0.05, 0) is 284 Å². The van der Waals surface area contributed by atoms with Crippen LogP contribution in [0.4, 0.5) is 0 Å². The average molecular weight is 2010 g/mol. The number of hydrogen-bond acceptors (Lipinski definition) is 14. The Balaban J connectivity index is 1.06. The molecule has 0 aliphatic carbocycles. The molecule has 16 rings (SSSR count). The van der Waals surface area contributed by atoms with E-state index in [4.69, 9.17) is 67.8 Å². The number of H-pyrrole nitrogens is 2. The minimum absolute atomic E-state index is 0.255. The Morgan fingerprint density at radius 2 is 0.421 bits per heavy atom. The van der Waals surface area contributed by atoms with E-state index in [-0.39, 0.29) is 65.0 Å². The van der Waals surface area contributed by atoms with E-state index in [1.807, 2.05) is 78.9 Å². The van der Waals surface area contributed by atoms with E-state index in [0.717, 1.165) is 97.8 Å². The monoisotopic (exact) mass is 2010 g/mol. The topological polar surface area (TPSA) is 183 Å². The molecule has 0 unspecified atom stereocenters. The quantitative estimate of drug-likeness (QED) is 0.0512. The fraction of sp³-hybridized carbons (Fsp3) is 0.422. The van der Waals surface area contributed by atoms with Crippen molar-refractivity contribution in [1.82, 2.24) is 39.9 Å². The number of ether oxygens (including phenoxy) is 8. The van der Waals surface area contributed by atoms with Gasteiger partial charge in [0.1, 0.15) is 74.3 Å². The van der Waals surface area contributed by atoms with Gasteiger partial charge in [-0.15, -0.1) is 0 Å². The SMILES string of the molecule is CC(C)(C)c1cc(Oc2cc3c(cc2Oc2cc(C(C)(C)C)cc(C(C)(C)C)c2)-c2nc-3nc3[nH]c(nc4nc(nc5[nH]c(n2)c2cc(Oc6cc(C(C)(C)C)cc(C(C)(C)C)c6)c(Oc6cc(C(C)(C)C)cc(C(C)(C)C)c6)cc52)-c2cc(Oc5cccc(OCCCCCCBr)c5)ccc2-4)c2cc(Oc4cc(C(C)(C)C)cc(C(C)(C)C)c4)c(Oc4cc(C(C)(C)C)cc(C(C)(C)C)c4)cc32)cc(C(C)(C)C)c1. The summed E-state index contributed by atoms with van der Waals surface area (Å²) >= 11 is 3.60. The summed E-state index contributed by atoms with van der Waals surface area (Å²) in [4.78, 5) is 42.6. The Kier molecular flexibility index (Phi) is 28.0. The molecule has 0 radical (unpaired) electrons. The smallest absolute Gasteiger partial charge is 0.170 e. The van der Waals surface area contributed by atoms with Gasteiger partial charge in [0.2, 0.25) is 0 Å². The molecular weight excluding hydrogens is 1860 g/mol. The Labute approximate surface area is 870 Å². The van der Waals surface area contributed by atoms with Crippen molar-refractivity contribution in [2.45, 2.75) is 340 Å². The maximum absolute atomic E-state index is 7.61. The van der Waals surface area contributed by atoms with E-state index in [1.54, 1.807) is 0 Å². The number of halogens is 1. The molecule has 2 N–H and O–H groups in total. The van der Waals surface area contributed by atoms with Crippen molar-refractivity contribution < 1.29 is 37.9 Å². The molecule has 760 valence electrons. The van der Waals surface area contributed by atoms with E-state index in [0.29, 0.717) is 183 Å². The summed E-state index contributed by atoms with van der Waals surface area (Å²) in [6, 6.07) is 65.6. The van der Waals surface area contributed by atoms with Crippen LogP contribution in [-0.4, -0.2) is 51.8 Å². The molecule has 11 aromatic carbocycles. The summed E-state index contributed by atoms with van der Waals surface area (Å²) in [6.07, 6.45) is 4.26. The van der Waals surface area contributed by atoms with E-state index >= 15 is 0 Å². The van der Waals surface area contributed by atoms with Crippen LogP contribution >= 0.6 is 15.9 Å². The van der Waals surface area contributed by atoms with Gasteiger partial charge >= 0.3 is 0 Å². The van der Waals surface area contributed by atoms with Crippen molar-refractivity contribution >= 4 is 60.1 Å².